The van der Waals surface area contributed by atoms with Crippen LogP contribution in [0.15, 0.2) is 0 Å². The van der Waals surface area contributed by atoms with E-state index in [-0.39, 0.29) is 23.9 Å². The minimum atomic E-state index is -3.41. The summed E-state index contributed by atoms with van der Waals surface area (Å²) in [6, 6.07) is -0.124. The van der Waals surface area contributed by atoms with Crippen LogP contribution in [0.2, 0.25) is 0 Å². The number of sulfonamides is 1. The Hall–Kier alpha value is -0.620. The van der Waals surface area contributed by atoms with Gasteiger partial charge in [0.25, 0.3) is 0 Å². The van der Waals surface area contributed by atoms with Crippen LogP contribution in [0.5, 0.6) is 0 Å². The average molecular weight is 246 g/mol. The van der Waals surface area contributed by atoms with E-state index in [4.69, 9.17) is 0 Å². The highest BCUT2D eigenvalue weighted by molar-refractivity contribution is 7.88. The molecule has 92 valence electrons. The number of hydrogen-bond acceptors (Lipinski definition) is 4. The van der Waals surface area contributed by atoms with E-state index in [2.05, 4.69) is 5.32 Å². The van der Waals surface area contributed by atoms with E-state index in [1.165, 1.54) is 0 Å². The van der Waals surface area contributed by atoms with Gasteiger partial charge in [-0.15, -0.1) is 0 Å². The SMILES string of the molecule is CCCC1C(=O)N(S(C)(=O)=O)C2CCNC12. The predicted octanol–water partition coefficient (Wildman–Crippen LogP) is -0.0650. The molecule has 0 aromatic heterocycles. The highest BCUT2D eigenvalue weighted by Gasteiger charge is 2.52. The van der Waals surface area contributed by atoms with Crippen LogP contribution in [0.4, 0.5) is 0 Å². The van der Waals surface area contributed by atoms with Crippen LogP contribution in [-0.2, 0) is 14.8 Å². The predicted molar refractivity (Wildman–Crippen MR) is 60.3 cm³/mol. The van der Waals surface area contributed by atoms with E-state index in [0.717, 1.165) is 36.4 Å². The molecule has 1 N–H and O–H groups in total. The van der Waals surface area contributed by atoms with Crippen molar-refractivity contribution in [3.63, 3.8) is 0 Å². The summed E-state index contributed by atoms with van der Waals surface area (Å²) in [6.45, 7) is 2.81. The van der Waals surface area contributed by atoms with Gasteiger partial charge in [-0.05, 0) is 19.4 Å². The van der Waals surface area contributed by atoms with Crippen molar-refractivity contribution in [3.8, 4) is 0 Å². The smallest absolute Gasteiger partial charge is 0.241 e. The normalized spacial score (nSPS) is 34.5. The second-order valence-corrected chi connectivity index (χ2v) is 6.49. The number of hydrogen-bond donors (Lipinski definition) is 1. The van der Waals surface area contributed by atoms with Crippen molar-refractivity contribution in [2.24, 2.45) is 5.92 Å². The first-order valence-electron chi connectivity index (χ1n) is 5.73. The lowest BCUT2D eigenvalue weighted by atomic mass is 9.95. The molecule has 0 aromatic rings. The lowest BCUT2D eigenvalue weighted by Crippen LogP contribution is -2.39. The van der Waals surface area contributed by atoms with E-state index in [1.807, 2.05) is 6.92 Å². The van der Waals surface area contributed by atoms with Crippen LogP contribution in [-0.4, -0.2) is 43.5 Å². The Morgan fingerprint density at radius 1 is 1.50 bits per heavy atom. The van der Waals surface area contributed by atoms with Gasteiger partial charge in [0.2, 0.25) is 15.9 Å². The molecule has 2 saturated heterocycles. The molecule has 0 radical (unpaired) electrons. The van der Waals surface area contributed by atoms with E-state index < -0.39 is 10.0 Å². The molecule has 3 unspecified atom stereocenters. The number of carbonyl (C=O) groups is 1. The molecule has 0 saturated carbocycles. The van der Waals surface area contributed by atoms with Crippen molar-refractivity contribution in [2.45, 2.75) is 38.3 Å². The van der Waals surface area contributed by atoms with Gasteiger partial charge >= 0.3 is 0 Å². The number of nitrogens with one attached hydrogen (secondary N) is 1. The second kappa shape index (κ2) is 4.00. The van der Waals surface area contributed by atoms with E-state index >= 15 is 0 Å². The molecule has 6 heteroatoms. The molecular weight excluding hydrogens is 228 g/mol. The third kappa shape index (κ3) is 1.73. The lowest BCUT2D eigenvalue weighted by Gasteiger charge is -2.20. The number of fused-ring (bicyclic) bond motifs is 1. The number of rotatable bonds is 3. The van der Waals surface area contributed by atoms with Crippen LogP contribution < -0.4 is 5.32 Å². The van der Waals surface area contributed by atoms with Crippen molar-refractivity contribution in [1.29, 1.82) is 0 Å². The zero-order chi connectivity index (χ0) is 11.9. The van der Waals surface area contributed by atoms with Gasteiger partial charge in [-0.3, -0.25) is 4.79 Å². The maximum Gasteiger partial charge on any atom is 0.241 e. The van der Waals surface area contributed by atoms with Crippen molar-refractivity contribution in [2.75, 3.05) is 12.8 Å². The molecule has 2 rings (SSSR count). The third-order valence-corrected chi connectivity index (χ3v) is 4.63. The van der Waals surface area contributed by atoms with Crippen LogP contribution in [0.1, 0.15) is 26.2 Å². The molecule has 2 heterocycles. The lowest BCUT2D eigenvalue weighted by molar-refractivity contribution is -0.128. The molecule has 3 atom stereocenters. The number of carbonyl (C=O) groups excluding carboxylic acids is 1. The van der Waals surface area contributed by atoms with Gasteiger partial charge in [-0.25, -0.2) is 12.7 Å². The summed E-state index contributed by atoms with van der Waals surface area (Å²) in [4.78, 5) is 12.1. The van der Waals surface area contributed by atoms with Gasteiger partial charge in [-0.2, -0.15) is 0 Å². The van der Waals surface area contributed by atoms with E-state index in [9.17, 15) is 13.2 Å². The van der Waals surface area contributed by atoms with Gasteiger partial charge in [0, 0.05) is 6.04 Å². The Morgan fingerprint density at radius 2 is 2.19 bits per heavy atom. The molecule has 0 aromatic carbocycles. The summed E-state index contributed by atoms with van der Waals surface area (Å²) in [7, 11) is -3.41. The first kappa shape index (κ1) is 11.9. The molecule has 0 spiro atoms. The second-order valence-electron chi connectivity index (χ2n) is 4.63. The highest BCUT2D eigenvalue weighted by atomic mass is 32.2. The number of nitrogens with zero attached hydrogens (tertiary/aromatic N) is 1. The van der Waals surface area contributed by atoms with Crippen molar-refractivity contribution in [1.82, 2.24) is 9.62 Å². The maximum atomic E-state index is 12.1. The molecule has 2 aliphatic heterocycles. The van der Waals surface area contributed by atoms with Gasteiger partial charge in [0.05, 0.1) is 18.2 Å². The van der Waals surface area contributed by atoms with E-state index in [0.29, 0.717) is 0 Å². The fourth-order valence-electron chi connectivity index (χ4n) is 2.89. The summed E-state index contributed by atoms with van der Waals surface area (Å²) in [5.74, 6) is -0.376. The van der Waals surface area contributed by atoms with Gasteiger partial charge in [0.15, 0.2) is 0 Å². The summed E-state index contributed by atoms with van der Waals surface area (Å²) >= 11 is 0. The topological polar surface area (TPSA) is 66.5 Å². The Bertz CT molecular complexity index is 393. The monoisotopic (exact) mass is 246 g/mol. The van der Waals surface area contributed by atoms with Crippen LogP contribution in [0.3, 0.4) is 0 Å². The Balaban J connectivity index is 2.31. The minimum absolute atomic E-state index is 0.0298. The summed E-state index contributed by atoms with van der Waals surface area (Å²) in [5, 5.41) is 3.26. The van der Waals surface area contributed by atoms with Crippen LogP contribution >= 0.6 is 0 Å². The van der Waals surface area contributed by atoms with Crippen molar-refractivity contribution >= 4 is 15.9 Å². The summed E-state index contributed by atoms with van der Waals surface area (Å²) in [6.07, 6.45) is 3.52. The summed E-state index contributed by atoms with van der Waals surface area (Å²) in [5.41, 5.74) is 0. The van der Waals surface area contributed by atoms with Gasteiger partial charge < -0.3 is 5.32 Å². The molecule has 0 aliphatic carbocycles. The molecule has 0 bridgehead atoms. The number of amides is 1. The van der Waals surface area contributed by atoms with Crippen molar-refractivity contribution < 1.29 is 13.2 Å². The first-order valence-corrected chi connectivity index (χ1v) is 7.58. The fraction of sp³-hybridized carbons (Fsp3) is 0.900. The first-order chi connectivity index (χ1) is 7.46. The highest BCUT2D eigenvalue weighted by Crippen LogP contribution is 2.34. The largest absolute Gasteiger partial charge is 0.311 e. The zero-order valence-electron chi connectivity index (χ0n) is 9.64. The quantitative estimate of drug-likeness (QED) is 0.757. The molecule has 2 fully saturated rings. The summed E-state index contributed by atoms with van der Waals surface area (Å²) < 4.78 is 24.3. The molecular formula is C10H18N2O3S. The average Bonchev–Trinajstić information content (AvgIpc) is 2.68. The Morgan fingerprint density at radius 3 is 2.75 bits per heavy atom. The molecule has 2 aliphatic rings. The Kier molecular flexibility index (Phi) is 2.96. The minimum Gasteiger partial charge on any atom is -0.311 e. The molecule has 1 amide bonds. The third-order valence-electron chi connectivity index (χ3n) is 3.46. The standard InChI is InChI=1S/C10H18N2O3S/c1-3-4-7-9-8(5-6-11-9)12(10(7)13)16(2,14)15/h7-9,11H,3-6H2,1-2H3. The van der Waals surface area contributed by atoms with Crippen LogP contribution in [0, 0.1) is 5.92 Å². The molecule has 16 heavy (non-hydrogen) atoms. The van der Waals surface area contributed by atoms with E-state index in [1.54, 1.807) is 0 Å². The fourth-order valence-corrected chi connectivity index (χ4v) is 4.08. The van der Waals surface area contributed by atoms with Crippen LogP contribution in [0.25, 0.3) is 0 Å². The van der Waals surface area contributed by atoms with Gasteiger partial charge in [0.1, 0.15) is 0 Å². The van der Waals surface area contributed by atoms with Gasteiger partial charge in [-0.1, -0.05) is 13.3 Å². The zero-order valence-corrected chi connectivity index (χ0v) is 10.5. The Labute approximate surface area is 96.2 Å². The maximum absolute atomic E-state index is 12.1. The molecule has 5 nitrogen and oxygen atoms in total. The van der Waals surface area contributed by atoms with Crippen molar-refractivity contribution in [3.05, 3.63) is 0 Å².